The van der Waals surface area contributed by atoms with Gasteiger partial charge in [0, 0.05) is 31.6 Å². The van der Waals surface area contributed by atoms with E-state index in [4.69, 9.17) is 16.1 Å². The van der Waals surface area contributed by atoms with E-state index >= 15 is 0 Å². The van der Waals surface area contributed by atoms with Gasteiger partial charge in [-0.15, -0.1) is 0 Å². The number of rotatable bonds is 9. The number of halogens is 1. The lowest BCUT2D eigenvalue weighted by atomic mass is 10.3. The number of hydrogen-bond acceptors (Lipinski definition) is 6. The van der Waals surface area contributed by atoms with Crippen molar-refractivity contribution < 1.29 is 14.1 Å². The van der Waals surface area contributed by atoms with E-state index in [0.717, 1.165) is 12.0 Å². The molecule has 0 N–H and O–H groups in total. The molecule has 0 saturated carbocycles. The smallest absolute Gasteiger partial charge is 0.331 e. The second-order valence-electron chi connectivity index (χ2n) is 5.39. The first kappa shape index (κ1) is 21.0. The summed E-state index contributed by atoms with van der Waals surface area (Å²) in [5.41, 5.74) is 0.819. The van der Waals surface area contributed by atoms with Crippen molar-refractivity contribution in [2.75, 3.05) is 25.4 Å². The average molecular weight is 422 g/mol. The van der Waals surface area contributed by atoms with Crippen molar-refractivity contribution in [2.45, 2.75) is 26.8 Å². The maximum atomic E-state index is 13.3. The summed E-state index contributed by atoms with van der Waals surface area (Å²) in [5.74, 6) is 0.672. The van der Waals surface area contributed by atoms with Gasteiger partial charge in [0.2, 0.25) is 0 Å². The van der Waals surface area contributed by atoms with E-state index in [1.54, 1.807) is 30.2 Å². The molecule has 1 atom stereocenters. The van der Waals surface area contributed by atoms with Crippen molar-refractivity contribution in [1.82, 2.24) is 14.6 Å². The lowest BCUT2D eigenvalue weighted by Gasteiger charge is -2.27. The third kappa shape index (κ3) is 5.33. The molecule has 1 aromatic rings. The average Bonchev–Trinajstić information content (AvgIpc) is 2.98. The third-order valence-electron chi connectivity index (χ3n) is 3.48. The highest BCUT2D eigenvalue weighted by atomic mass is 35.5. The second kappa shape index (κ2) is 9.55. The lowest BCUT2D eigenvalue weighted by Crippen LogP contribution is -2.32. The Kier molecular flexibility index (Phi) is 7.69. The van der Waals surface area contributed by atoms with E-state index in [0.29, 0.717) is 30.5 Å². The van der Waals surface area contributed by atoms with Gasteiger partial charge in [0.05, 0.1) is 6.61 Å². The fourth-order valence-electron chi connectivity index (χ4n) is 2.42. The molecule has 0 spiro atoms. The van der Waals surface area contributed by atoms with Crippen LogP contribution in [0.5, 0.6) is 0 Å². The van der Waals surface area contributed by atoms with Gasteiger partial charge >= 0.3 is 6.72 Å². The van der Waals surface area contributed by atoms with Crippen LogP contribution >= 0.6 is 29.7 Å². The summed E-state index contributed by atoms with van der Waals surface area (Å²) >= 11 is 6.98. The van der Waals surface area contributed by atoms with Gasteiger partial charge in [0.1, 0.15) is 10.3 Å². The highest BCUT2D eigenvalue weighted by molar-refractivity contribution is 8.56. The summed E-state index contributed by atoms with van der Waals surface area (Å²) in [6.45, 7) is 1.78. The van der Waals surface area contributed by atoms with E-state index in [-0.39, 0.29) is 12.6 Å². The number of aromatic nitrogens is 1. The zero-order valence-corrected chi connectivity index (χ0v) is 17.0. The van der Waals surface area contributed by atoms with Gasteiger partial charge in [-0.1, -0.05) is 24.6 Å². The molecule has 1 aliphatic heterocycles. The first-order chi connectivity index (χ1) is 12.4. The number of pyridine rings is 1. The number of nitrogens with zero attached hydrogens (tertiary/aromatic N) is 5. The summed E-state index contributed by atoms with van der Waals surface area (Å²) in [4.78, 5) is 16.8. The van der Waals surface area contributed by atoms with Crippen molar-refractivity contribution in [3.8, 4) is 0 Å². The largest absolute Gasteiger partial charge is 0.356 e. The van der Waals surface area contributed by atoms with Crippen LogP contribution in [0.3, 0.4) is 0 Å². The molecule has 26 heavy (non-hydrogen) atoms. The molecule has 1 saturated heterocycles. The predicted molar refractivity (Wildman–Crippen MR) is 103 cm³/mol. The SMILES string of the molecule is CCCSP(=O)(OCC)N1CCN(Cc2ccc(Cl)nc2)C1=N[N+](=O)[O-]. The van der Waals surface area contributed by atoms with E-state index < -0.39 is 11.8 Å². The van der Waals surface area contributed by atoms with Gasteiger partial charge in [-0.2, -0.15) is 0 Å². The molecule has 1 fully saturated rings. The van der Waals surface area contributed by atoms with Crippen LogP contribution in [-0.4, -0.2) is 51.0 Å². The molecule has 1 unspecified atom stereocenters. The van der Waals surface area contributed by atoms with Crippen molar-refractivity contribution >= 4 is 35.7 Å². The van der Waals surface area contributed by atoms with E-state index in [2.05, 4.69) is 10.1 Å². The molecule has 0 aliphatic carbocycles. The van der Waals surface area contributed by atoms with Crippen molar-refractivity contribution in [3.63, 3.8) is 0 Å². The van der Waals surface area contributed by atoms with Crippen LogP contribution in [0.2, 0.25) is 5.15 Å². The van der Waals surface area contributed by atoms with Crippen LogP contribution in [0.15, 0.2) is 23.4 Å². The highest BCUT2D eigenvalue weighted by Gasteiger charge is 2.43. The van der Waals surface area contributed by atoms with Gasteiger partial charge in [0.15, 0.2) is 5.03 Å². The Labute approximate surface area is 161 Å². The Morgan fingerprint density at radius 3 is 2.81 bits per heavy atom. The molecule has 0 bridgehead atoms. The molecule has 0 amide bonds. The fourth-order valence-corrected chi connectivity index (χ4v) is 7.00. The number of guanidine groups is 1. The van der Waals surface area contributed by atoms with Crippen LogP contribution in [-0.2, 0) is 15.6 Å². The van der Waals surface area contributed by atoms with Crippen LogP contribution in [0.1, 0.15) is 25.8 Å². The van der Waals surface area contributed by atoms with Crippen LogP contribution in [0, 0.1) is 10.1 Å². The highest BCUT2D eigenvalue weighted by Crippen LogP contribution is 2.63. The molecule has 2 rings (SSSR count). The maximum absolute atomic E-state index is 13.3. The second-order valence-corrected chi connectivity index (χ2v) is 10.3. The Morgan fingerprint density at radius 2 is 2.23 bits per heavy atom. The number of hydrogen-bond donors (Lipinski definition) is 0. The van der Waals surface area contributed by atoms with Gasteiger partial charge in [-0.25, -0.2) is 15.1 Å². The van der Waals surface area contributed by atoms with Crippen LogP contribution in [0.25, 0.3) is 0 Å². The molecule has 1 aliphatic rings. The summed E-state index contributed by atoms with van der Waals surface area (Å²) in [6, 6.07) is 3.44. The van der Waals surface area contributed by atoms with Gasteiger partial charge in [0.25, 0.3) is 5.96 Å². The molecular formula is C14H21ClN5O4PS. The molecule has 1 aromatic heterocycles. The zero-order chi connectivity index (χ0) is 19.2. The molecule has 0 aromatic carbocycles. The minimum absolute atomic E-state index is 0.0466. The summed E-state index contributed by atoms with van der Waals surface area (Å²) in [5, 5.41) is 14.1. The van der Waals surface area contributed by atoms with Crippen molar-refractivity contribution in [3.05, 3.63) is 39.2 Å². The standard InChI is InChI=1S/C14H21ClN5O4PS/c1-3-9-26-25(23,24-4-2)19-8-7-18(14(19)17-20(21)22)11-12-5-6-13(15)16-10-12/h5-6,10H,3-4,7-9,11H2,1-2H3. The van der Waals surface area contributed by atoms with Gasteiger partial charge in [-0.05, 0) is 36.4 Å². The molecular weight excluding hydrogens is 401 g/mol. The number of hydrazone groups is 1. The quantitative estimate of drug-likeness (QED) is 0.257. The molecule has 12 heteroatoms. The lowest BCUT2D eigenvalue weighted by molar-refractivity contribution is -0.486. The van der Waals surface area contributed by atoms with Crippen LogP contribution in [0.4, 0.5) is 0 Å². The van der Waals surface area contributed by atoms with Crippen molar-refractivity contribution in [1.29, 1.82) is 0 Å². The van der Waals surface area contributed by atoms with E-state index in [9.17, 15) is 14.7 Å². The first-order valence-electron chi connectivity index (χ1n) is 8.15. The summed E-state index contributed by atoms with van der Waals surface area (Å²) in [7, 11) is 0. The Balaban J connectivity index is 2.28. The predicted octanol–water partition coefficient (Wildman–Crippen LogP) is 3.69. The minimum atomic E-state index is -3.31. The topological polar surface area (TPSA) is 101 Å². The van der Waals surface area contributed by atoms with Crippen molar-refractivity contribution in [2.24, 2.45) is 5.10 Å². The van der Waals surface area contributed by atoms with E-state index in [1.165, 1.54) is 16.1 Å². The Hall–Kier alpha value is -1.35. The van der Waals surface area contributed by atoms with Crippen LogP contribution < -0.4 is 0 Å². The minimum Gasteiger partial charge on any atom is -0.331 e. The summed E-state index contributed by atoms with van der Waals surface area (Å²) < 4.78 is 20.3. The maximum Gasteiger partial charge on any atom is 0.356 e. The Morgan fingerprint density at radius 1 is 1.46 bits per heavy atom. The summed E-state index contributed by atoms with van der Waals surface area (Å²) in [6.07, 6.45) is 2.42. The molecule has 2 heterocycles. The normalized spacial score (nSPS) is 18.3. The molecule has 144 valence electrons. The third-order valence-corrected chi connectivity index (χ3v) is 8.60. The Bertz CT molecular complexity index is 705. The monoisotopic (exact) mass is 421 g/mol. The van der Waals surface area contributed by atoms with Gasteiger partial charge < -0.3 is 9.42 Å². The zero-order valence-electron chi connectivity index (χ0n) is 14.6. The first-order valence-corrected chi connectivity index (χ1v) is 11.7. The fraction of sp³-hybridized carbons (Fsp3) is 0.571. The van der Waals surface area contributed by atoms with Gasteiger partial charge in [-0.3, -0.25) is 9.24 Å². The number of nitro groups is 1. The van der Waals surface area contributed by atoms with E-state index in [1.807, 2.05) is 6.92 Å². The molecule has 0 radical (unpaired) electrons. The molecule has 9 nitrogen and oxygen atoms in total.